The summed E-state index contributed by atoms with van der Waals surface area (Å²) in [5.74, 6) is 0.930. The highest BCUT2D eigenvalue weighted by atomic mass is 16.5. The number of aryl methyl sites for hydroxylation is 2. The number of fused-ring (bicyclic) bond motifs is 1. The van der Waals surface area contributed by atoms with E-state index in [4.69, 9.17) is 4.74 Å². The lowest BCUT2D eigenvalue weighted by atomic mass is 9.96. The summed E-state index contributed by atoms with van der Waals surface area (Å²) in [5.41, 5.74) is 1.32. The molecule has 2 aliphatic rings. The number of nitrogens with zero attached hydrogens (tertiary/aromatic N) is 5. The normalized spacial score (nSPS) is 17.7. The monoisotopic (exact) mass is 357 g/mol. The van der Waals surface area contributed by atoms with Crippen molar-refractivity contribution in [1.29, 1.82) is 0 Å². The Bertz CT molecular complexity index is 864. The maximum absolute atomic E-state index is 12.8. The molecule has 0 unspecified atom stereocenters. The van der Waals surface area contributed by atoms with Crippen LogP contribution in [0.25, 0.3) is 0 Å². The molecule has 4 rings (SSSR count). The lowest BCUT2D eigenvalue weighted by Gasteiger charge is -2.32. The minimum Gasteiger partial charge on any atom is -0.477 e. The van der Waals surface area contributed by atoms with Crippen LogP contribution in [0, 0.1) is 12.8 Å². The maximum atomic E-state index is 12.8. The van der Waals surface area contributed by atoms with Gasteiger partial charge in [-0.25, -0.2) is 9.36 Å². The molecule has 8 nitrogen and oxygen atoms in total. The standard InChI is InChI=1S/C18H23N5O3/c1-13-3-4-16(24)23(20-13)12-14-5-8-21(9-6-14)17(25)15-11-19-22-7-2-10-26-18(15)22/h3-4,11,14H,2,5-10,12H2,1H3. The van der Waals surface area contributed by atoms with E-state index in [0.29, 0.717) is 43.6 Å². The highest BCUT2D eigenvalue weighted by molar-refractivity contribution is 5.96. The van der Waals surface area contributed by atoms with Crippen molar-refractivity contribution in [3.8, 4) is 5.88 Å². The number of likely N-dealkylation sites (tertiary alicyclic amines) is 1. The van der Waals surface area contributed by atoms with Gasteiger partial charge >= 0.3 is 0 Å². The molecule has 1 fully saturated rings. The SMILES string of the molecule is Cc1ccc(=O)n(CC2CCN(C(=O)c3cnn4c3OCCC4)CC2)n1. The van der Waals surface area contributed by atoms with Gasteiger partial charge in [-0.05, 0) is 31.7 Å². The molecule has 0 aromatic carbocycles. The molecule has 0 bridgehead atoms. The summed E-state index contributed by atoms with van der Waals surface area (Å²) in [4.78, 5) is 26.6. The van der Waals surface area contributed by atoms with E-state index in [-0.39, 0.29) is 11.5 Å². The Labute approximate surface area is 151 Å². The Morgan fingerprint density at radius 1 is 1.27 bits per heavy atom. The summed E-state index contributed by atoms with van der Waals surface area (Å²) in [7, 11) is 0. The molecule has 0 aliphatic carbocycles. The topological polar surface area (TPSA) is 82.2 Å². The van der Waals surface area contributed by atoms with Crippen LogP contribution in [0.1, 0.15) is 35.3 Å². The fraction of sp³-hybridized carbons (Fsp3) is 0.556. The summed E-state index contributed by atoms with van der Waals surface area (Å²) in [6.07, 6.45) is 4.25. The van der Waals surface area contributed by atoms with Gasteiger partial charge in [-0.15, -0.1) is 0 Å². The molecular formula is C18H23N5O3. The quantitative estimate of drug-likeness (QED) is 0.821. The molecule has 2 aliphatic heterocycles. The summed E-state index contributed by atoms with van der Waals surface area (Å²) >= 11 is 0. The van der Waals surface area contributed by atoms with Crippen LogP contribution in [0.2, 0.25) is 0 Å². The first-order valence-corrected chi connectivity index (χ1v) is 9.14. The Hall–Kier alpha value is -2.64. The van der Waals surface area contributed by atoms with E-state index < -0.39 is 0 Å². The van der Waals surface area contributed by atoms with Gasteiger partial charge in [0.05, 0.1) is 18.5 Å². The third-order valence-corrected chi connectivity index (χ3v) is 5.11. The van der Waals surface area contributed by atoms with Gasteiger partial charge in [-0.3, -0.25) is 9.59 Å². The van der Waals surface area contributed by atoms with E-state index in [1.165, 1.54) is 0 Å². The third kappa shape index (κ3) is 3.23. The van der Waals surface area contributed by atoms with Gasteiger partial charge in [0.2, 0.25) is 5.88 Å². The average molecular weight is 357 g/mol. The molecule has 1 saturated heterocycles. The summed E-state index contributed by atoms with van der Waals surface area (Å²) in [5, 5.41) is 8.57. The number of aromatic nitrogens is 4. The van der Waals surface area contributed by atoms with Crippen LogP contribution in [-0.2, 0) is 13.1 Å². The number of rotatable bonds is 3. The molecule has 0 saturated carbocycles. The minimum atomic E-state index is -0.0715. The Morgan fingerprint density at radius 3 is 2.88 bits per heavy atom. The maximum Gasteiger partial charge on any atom is 0.266 e. The molecule has 8 heteroatoms. The first kappa shape index (κ1) is 16.8. The van der Waals surface area contributed by atoms with E-state index in [1.54, 1.807) is 27.7 Å². The highest BCUT2D eigenvalue weighted by Gasteiger charge is 2.29. The van der Waals surface area contributed by atoms with Crippen LogP contribution < -0.4 is 10.3 Å². The molecule has 0 atom stereocenters. The average Bonchev–Trinajstić information content (AvgIpc) is 3.09. The van der Waals surface area contributed by atoms with E-state index in [1.807, 2.05) is 11.8 Å². The molecule has 0 spiro atoms. The van der Waals surface area contributed by atoms with Crippen molar-refractivity contribution in [3.05, 3.63) is 39.9 Å². The number of piperidine rings is 1. The highest BCUT2D eigenvalue weighted by Crippen LogP contribution is 2.26. The van der Waals surface area contributed by atoms with Crippen molar-refractivity contribution in [3.63, 3.8) is 0 Å². The van der Waals surface area contributed by atoms with Crippen molar-refractivity contribution in [1.82, 2.24) is 24.5 Å². The molecule has 0 N–H and O–H groups in total. The van der Waals surface area contributed by atoms with Gasteiger partial charge in [0.25, 0.3) is 11.5 Å². The van der Waals surface area contributed by atoms with Gasteiger partial charge in [0.1, 0.15) is 5.56 Å². The molecular weight excluding hydrogens is 334 g/mol. The molecule has 4 heterocycles. The van der Waals surface area contributed by atoms with Crippen LogP contribution in [-0.4, -0.2) is 50.1 Å². The van der Waals surface area contributed by atoms with Crippen molar-refractivity contribution in [2.45, 2.75) is 39.3 Å². The van der Waals surface area contributed by atoms with E-state index in [2.05, 4.69) is 10.2 Å². The minimum absolute atomic E-state index is 0.0163. The van der Waals surface area contributed by atoms with Crippen LogP contribution in [0.3, 0.4) is 0 Å². The lowest BCUT2D eigenvalue weighted by Crippen LogP contribution is -2.40. The molecule has 2 aromatic heterocycles. The summed E-state index contributed by atoms with van der Waals surface area (Å²) in [6.45, 7) is 5.26. The van der Waals surface area contributed by atoms with Crippen molar-refractivity contribution >= 4 is 5.91 Å². The fourth-order valence-electron chi connectivity index (χ4n) is 3.63. The summed E-state index contributed by atoms with van der Waals surface area (Å²) < 4.78 is 8.94. The Kier molecular flexibility index (Phi) is 4.48. The molecule has 26 heavy (non-hydrogen) atoms. The summed E-state index contributed by atoms with van der Waals surface area (Å²) in [6, 6.07) is 3.29. The predicted molar refractivity (Wildman–Crippen MR) is 94.2 cm³/mol. The number of amides is 1. The smallest absolute Gasteiger partial charge is 0.266 e. The van der Waals surface area contributed by atoms with Gasteiger partial charge in [0.15, 0.2) is 0 Å². The molecule has 1 amide bonds. The number of hydrogen-bond donors (Lipinski definition) is 0. The van der Waals surface area contributed by atoms with Gasteiger partial charge < -0.3 is 9.64 Å². The van der Waals surface area contributed by atoms with E-state index in [0.717, 1.165) is 31.5 Å². The zero-order valence-corrected chi connectivity index (χ0v) is 14.9. The number of carbonyl (C=O) groups is 1. The Morgan fingerprint density at radius 2 is 2.08 bits per heavy atom. The molecule has 2 aromatic rings. The van der Waals surface area contributed by atoms with Crippen LogP contribution in [0.5, 0.6) is 5.88 Å². The van der Waals surface area contributed by atoms with Crippen LogP contribution in [0.15, 0.2) is 23.1 Å². The zero-order chi connectivity index (χ0) is 18.1. The number of hydrogen-bond acceptors (Lipinski definition) is 5. The first-order chi connectivity index (χ1) is 12.6. The van der Waals surface area contributed by atoms with Gasteiger partial charge in [-0.2, -0.15) is 10.2 Å². The van der Waals surface area contributed by atoms with Gasteiger partial charge in [0, 0.05) is 38.7 Å². The Balaban J connectivity index is 1.39. The fourth-order valence-corrected chi connectivity index (χ4v) is 3.63. The van der Waals surface area contributed by atoms with Crippen LogP contribution >= 0.6 is 0 Å². The van der Waals surface area contributed by atoms with Crippen molar-refractivity contribution < 1.29 is 9.53 Å². The second kappa shape index (κ2) is 6.93. The second-order valence-corrected chi connectivity index (χ2v) is 7.02. The molecule has 0 radical (unpaired) electrons. The van der Waals surface area contributed by atoms with Crippen molar-refractivity contribution in [2.75, 3.05) is 19.7 Å². The number of carbonyl (C=O) groups excluding carboxylic acids is 1. The van der Waals surface area contributed by atoms with Gasteiger partial charge in [-0.1, -0.05) is 0 Å². The number of ether oxygens (including phenoxy) is 1. The van der Waals surface area contributed by atoms with Crippen molar-refractivity contribution in [2.24, 2.45) is 5.92 Å². The van der Waals surface area contributed by atoms with E-state index in [9.17, 15) is 9.59 Å². The first-order valence-electron chi connectivity index (χ1n) is 9.14. The van der Waals surface area contributed by atoms with Crippen LogP contribution in [0.4, 0.5) is 0 Å². The predicted octanol–water partition coefficient (Wildman–Crippen LogP) is 1.08. The second-order valence-electron chi connectivity index (χ2n) is 7.02. The third-order valence-electron chi connectivity index (χ3n) is 5.11. The largest absolute Gasteiger partial charge is 0.477 e. The van der Waals surface area contributed by atoms with E-state index >= 15 is 0 Å². The molecule has 138 valence electrons. The zero-order valence-electron chi connectivity index (χ0n) is 14.9. The lowest BCUT2D eigenvalue weighted by molar-refractivity contribution is 0.0674.